The molecule has 0 aliphatic heterocycles. The summed E-state index contributed by atoms with van der Waals surface area (Å²) in [4.78, 5) is 10.6. The van der Waals surface area contributed by atoms with Crippen LogP contribution < -0.4 is 0 Å². The van der Waals surface area contributed by atoms with Crippen LogP contribution in [0.5, 0.6) is 0 Å². The van der Waals surface area contributed by atoms with Crippen molar-refractivity contribution in [2.45, 2.75) is 12.7 Å². The molecule has 1 rings (SSSR count). The number of aromatic nitrogens is 2. The molecule has 1 aromatic heterocycles. The van der Waals surface area contributed by atoms with Gasteiger partial charge in [0.05, 0.1) is 9.77 Å². The van der Waals surface area contributed by atoms with E-state index < -0.39 is 24.4 Å². The Morgan fingerprint density at radius 3 is 2.64 bits per heavy atom. The number of rotatable bonds is 2. The summed E-state index contributed by atoms with van der Waals surface area (Å²) >= 11 is 1.62. The lowest BCUT2D eigenvalue weighted by molar-refractivity contribution is -0.142. The lowest BCUT2D eigenvalue weighted by atomic mass is 10.4. The van der Waals surface area contributed by atoms with E-state index in [0.29, 0.717) is 4.68 Å². The number of hydrogen-bond acceptors (Lipinski definition) is 2. The number of aromatic carboxylic acids is 1. The molecule has 14 heavy (non-hydrogen) atoms. The van der Waals surface area contributed by atoms with Gasteiger partial charge >= 0.3 is 12.1 Å². The average molecular weight is 320 g/mol. The highest BCUT2D eigenvalue weighted by Gasteiger charge is 2.31. The smallest absolute Gasteiger partial charge is 0.408 e. The van der Waals surface area contributed by atoms with Crippen LogP contribution in [0.25, 0.3) is 0 Å². The van der Waals surface area contributed by atoms with Crippen LogP contribution in [-0.2, 0) is 6.54 Å². The minimum Gasteiger partial charge on any atom is -0.476 e. The third kappa shape index (κ3) is 2.59. The lowest BCUT2D eigenvalue weighted by Gasteiger charge is -2.07. The van der Waals surface area contributed by atoms with Crippen LogP contribution in [0.3, 0.4) is 0 Å². The third-order valence-corrected chi connectivity index (χ3v) is 2.12. The van der Waals surface area contributed by atoms with Gasteiger partial charge in [-0.2, -0.15) is 18.3 Å². The second-order valence-electron chi connectivity index (χ2n) is 2.42. The molecule has 1 N–H and O–H groups in total. The standard InChI is InChI=1S/C6H4F3IN2O2/c7-6(8,9)2-12-4(5(13)14)3(10)1-11-12/h1H,2H2,(H,13,14). The van der Waals surface area contributed by atoms with Gasteiger partial charge in [0.25, 0.3) is 0 Å². The summed E-state index contributed by atoms with van der Waals surface area (Å²) in [6.45, 7) is -1.39. The Bertz CT molecular complexity index is 360. The predicted octanol–water partition coefficient (Wildman–Crippen LogP) is 1.75. The Morgan fingerprint density at radius 1 is 1.64 bits per heavy atom. The van der Waals surface area contributed by atoms with Gasteiger partial charge in [-0.15, -0.1) is 0 Å². The van der Waals surface area contributed by atoms with Crippen molar-refractivity contribution < 1.29 is 23.1 Å². The molecule has 4 nitrogen and oxygen atoms in total. The monoisotopic (exact) mass is 320 g/mol. The van der Waals surface area contributed by atoms with E-state index in [1.165, 1.54) is 0 Å². The number of hydrogen-bond donors (Lipinski definition) is 1. The minimum atomic E-state index is -4.47. The quantitative estimate of drug-likeness (QED) is 0.845. The summed E-state index contributed by atoms with van der Waals surface area (Å²) in [6, 6.07) is 0. The number of carbonyl (C=O) groups is 1. The fraction of sp³-hybridized carbons (Fsp3) is 0.333. The second kappa shape index (κ2) is 3.75. The van der Waals surface area contributed by atoms with Gasteiger partial charge in [0, 0.05) is 0 Å². The Hall–Kier alpha value is -0.800. The van der Waals surface area contributed by atoms with Crippen LogP contribution in [0.2, 0.25) is 0 Å². The highest BCUT2D eigenvalue weighted by molar-refractivity contribution is 14.1. The summed E-state index contributed by atoms with van der Waals surface area (Å²) in [5.41, 5.74) is -0.442. The summed E-state index contributed by atoms with van der Waals surface area (Å²) in [5, 5.41) is 11.9. The first-order chi connectivity index (χ1) is 6.31. The summed E-state index contributed by atoms with van der Waals surface area (Å²) in [6.07, 6.45) is -3.39. The molecule has 0 radical (unpaired) electrons. The zero-order valence-electron chi connectivity index (χ0n) is 6.55. The van der Waals surface area contributed by atoms with Crippen LogP contribution >= 0.6 is 22.6 Å². The van der Waals surface area contributed by atoms with E-state index in [2.05, 4.69) is 5.10 Å². The molecule has 0 bridgehead atoms. The molecule has 0 aliphatic carbocycles. The van der Waals surface area contributed by atoms with Crippen molar-refractivity contribution in [3.8, 4) is 0 Å². The molecule has 0 spiro atoms. The topological polar surface area (TPSA) is 55.1 Å². The van der Waals surface area contributed by atoms with Crippen molar-refractivity contribution in [1.82, 2.24) is 9.78 Å². The zero-order chi connectivity index (χ0) is 10.9. The highest BCUT2D eigenvalue weighted by atomic mass is 127. The molecule has 0 atom stereocenters. The molecule has 0 aliphatic rings. The number of alkyl halides is 3. The van der Waals surface area contributed by atoms with Crippen LogP contribution in [0, 0.1) is 3.57 Å². The SMILES string of the molecule is O=C(O)c1c(I)cnn1CC(F)(F)F. The van der Waals surface area contributed by atoms with Gasteiger partial charge in [-0.3, -0.25) is 0 Å². The van der Waals surface area contributed by atoms with Crippen molar-refractivity contribution in [3.05, 3.63) is 15.5 Å². The number of carboxylic acids is 1. The first-order valence-electron chi connectivity index (χ1n) is 3.32. The van der Waals surface area contributed by atoms with Crippen molar-refractivity contribution in [3.63, 3.8) is 0 Å². The van der Waals surface area contributed by atoms with Gasteiger partial charge in [0.1, 0.15) is 6.54 Å². The largest absolute Gasteiger partial charge is 0.476 e. The molecule has 0 saturated heterocycles. The van der Waals surface area contributed by atoms with Crippen LogP contribution in [-0.4, -0.2) is 27.0 Å². The maximum atomic E-state index is 11.9. The van der Waals surface area contributed by atoms with E-state index in [4.69, 9.17) is 5.11 Å². The minimum absolute atomic E-state index is 0.180. The maximum absolute atomic E-state index is 11.9. The maximum Gasteiger partial charge on any atom is 0.408 e. The molecule has 0 unspecified atom stereocenters. The molecule has 78 valence electrons. The van der Waals surface area contributed by atoms with E-state index in [0.717, 1.165) is 6.20 Å². The first-order valence-corrected chi connectivity index (χ1v) is 4.40. The fourth-order valence-electron chi connectivity index (χ4n) is 0.865. The Balaban J connectivity index is 3.04. The summed E-state index contributed by atoms with van der Waals surface area (Å²) < 4.78 is 36.4. The Labute approximate surface area is 89.8 Å². The molecular weight excluding hydrogens is 316 g/mol. The predicted molar refractivity (Wildman–Crippen MR) is 48.0 cm³/mol. The lowest BCUT2D eigenvalue weighted by Crippen LogP contribution is -2.22. The van der Waals surface area contributed by atoms with Gasteiger partial charge in [-0.05, 0) is 22.6 Å². The van der Waals surface area contributed by atoms with Crippen LogP contribution in [0.4, 0.5) is 13.2 Å². The fourth-order valence-corrected chi connectivity index (χ4v) is 1.50. The molecule has 0 saturated carbocycles. The first kappa shape index (κ1) is 11.3. The van der Waals surface area contributed by atoms with Crippen molar-refractivity contribution in [2.75, 3.05) is 0 Å². The van der Waals surface area contributed by atoms with Gasteiger partial charge in [0.2, 0.25) is 0 Å². The Morgan fingerprint density at radius 2 is 2.21 bits per heavy atom. The van der Waals surface area contributed by atoms with E-state index in [1.807, 2.05) is 0 Å². The van der Waals surface area contributed by atoms with Crippen LogP contribution in [0.1, 0.15) is 10.5 Å². The zero-order valence-corrected chi connectivity index (χ0v) is 8.70. The summed E-state index contributed by atoms with van der Waals surface area (Å²) in [5.74, 6) is -1.42. The third-order valence-electron chi connectivity index (χ3n) is 1.33. The van der Waals surface area contributed by atoms with Crippen LogP contribution in [0.15, 0.2) is 6.20 Å². The van der Waals surface area contributed by atoms with E-state index in [9.17, 15) is 18.0 Å². The van der Waals surface area contributed by atoms with Gasteiger partial charge in [-0.25, -0.2) is 9.48 Å². The molecular formula is C6H4F3IN2O2. The molecule has 1 aromatic rings. The molecule has 1 heterocycles. The van der Waals surface area contributed by atoms with Gasteiger partial charge in [0.15, 0.2) is 5.69 Å². The number of nitrogens with zero attached hydrogens (tertiary/aromatic N) is 2. The van der Waals surface area contributed by atoms with Crippen molar-refractivity contribution in [1.29, 1.82) is 0 Å². The van der Waals surface area contributed by atoms with E-state index in [1.54, 1.807) is 22.6 Å². The normalized spacial score (nSPS) is 11.7. The van der Waals surface area contributed by atoms with Crippen molar-refractivity contribution in [2.24, 2.45) is 0 Å². The molecule has 8 heteroatoms. The second-order valence-corrected chi connectivity index (χ2v) is 3.58. The van der Waals surface area contributed by atoms with Crippen molar-refractivity contribution >= 4 is 28.6 Å². The van der Waals surface area contributed by atoms with E-state index in [-0.39, 0.29) is 3.57 Å². The molecule has 0 aromatic carbocycles. The Kier molecular flexibility index (Phi) is 3.02. The molecule has 0 amide bonds. The number of carboxylic acid groups (broad SMARTS) is 1. The van der Waals surface area contributed by atoms with Gasteiger partial charge in [-0.1, -0.05) is 0 Å². The number of halogens is 4. The molecule has 0 fully saturated rings. The summed E-state index contributed by atoms with van der Waals surface area (Å²) in [7, 11) is 0. The van der Waals surface area contributed by atoms with Gasteiger partial charge < -0.3 is 5.11 Å². The highest BCUT2D eigenvalue weighted by Crippen LogP contribution is 2.20. The average Bonchev–Trinajstić information content (AvgIpc) is 2.27. The van der Waals surface area contributed by atoms with E-state index >= 15 is 0 Å².